The average molecular weight is 233 g/mol. The summed E-state index contributed by atoms with van der Waals surface area (Å²) in [5.41, 5.74) is 1.36. The Morgan fingerprint density at radius 1 is 1.69 bits per heavy atom. The van der Waals surface area contributed by atoms with Gasteiger partial charge in [-0.15, -0.1) is 23.7 Å². The summed E-state index contributed by atoms with van der Waals surface area (Å²) in [6.45, 7) is 1.93. The van der Waals surface area contributed by atoms with E-state index < -0.39 is 0 Å². The van der Waals surface area contributed by atoms with Crippen LogP contribution in [0, 0.1) is 12.3 Å². The first-order valence-corrected chi connectivity index (χ1v) is 6.38. The number of carbonyl (C=O) groups excluding carboxylic acids is 1. The van der Waals surface area contributed by atoms with Gasteiger partial charge in [0.2, 0.25) is 0 Å². The predicted molar refractivity (Wildman–Crippen MR) is 66.7 cm³/mol. The van der Waals surface area contributed by atoms with E-state index in [0.29, 0.717) is 6.42 Å². The summed E-state index contributed by atoms with van der Waals surface area (Å²) in [4.78, 5) is 14.1. The summed E-state index contributed by atoms with van der Waals surface area (Å²) in [6.07, 6.45) is 9.27. The first-order valence-electron chi connectivity index (χ1n) is 5.56. The Hall–Kier alpha value is -1.27. The zero-order chi connectivity index (χ0) is 11.5. The molecule has 1 unspecified atom stereocenters. The van der Waals surface area contributed by atoms with E-state index in [1.54, 1.807) is 11.3 Å². The monoisotopic (exact) mass is 233 g/mol. The van der Waals surface area contributed by atoms with Crippen LogP contribution in [0.25, 0.3) is 0 Å². The smallest absolute Gasteiger partial charge is 0.261 e. The summed E-state index contributed by atoms with van der Waals surface area (Å²) in [6, 6.07) is 2.08. The number of hydrogen-bond donors (Lipinski definition) is 1. The van der Waals surface area contributed by atoms with Gasteiger partial charge in [-0.3, -0.25) is 4.79 Å². The average Bonchev–Trinajstić information content (AvgIpc) is 2.76. The summed E-state index contributed by atoms with van der Waals surface area (Å²) in [7, 11) is 0. The predicted octanol–water partition coefficient (Wildman–Crippen LogP) is 2.38. The molecule has 0 fully saturated rings. The van der Waals surface area contributed by atoms with Crippen LogP contribution in [0.1, 0.15) is 39.9 Å². The molecular weight excluding hydrogens is 218 g/mol. The van der Waals surface area contributed by atoms with E-state index in [1.165, 1.54) is 16.9 Å². The maximum absolute atomic E-state index is 11.9. The molecule has 1 aliphatic rings. The minimum atomic E-state index is 0.0159. The molecule has 0 saturated heterocycles. The number of rotatable bonds is 3. The van der Waals surface area contributed by atoms with Crippen LogP contribution >= 0.6 is 11.3 Å². The second-order valence-corrected chi connectivity index (χ2v) is 5.33. The third kappa shape index (κ3) is 2.28. The zero-order valence-corrected chi connectivity index (χ0v) is 10.2. The molecule has 2 rings (SSSR count). The van der Waals surface area contributed by atoms with Crippen molar-refractivity contribution in [1.82, 2.24) is 5.32 Å². The molecule has 1 heterocycles. The second-order valence-electron chi connectivity index (χ2n) is 4.20. The lowest BCUT2D eigenvalue weighted by Crippen LogP contribution is -2.31. The molecule has 3 heteroatoms. The van der Waals surface area contributed by atoms with Crippen LogP contribution in [-0.4, -0.2) is 11.9 Å². The zero-order valence-electron chi connectivity index (χ0n) is 9.38. The Morgan fingerprint density at radius 2 is 2.50 bits per heavy atom. The van der Waals surface area contributed by atoms with E-state index in [4.69, 9.17) is 6.42 Å². The lowest BCUT2D eigenvalue weighted by Gasteiger charge is -2.09. The van der Waals surface area contributed by atoms with Gasteiger partial charge in [0.1, 0.15) is 0 Å². The van der Waals surface area contributed by atoms with Gasteiger partial charge >= 0.3 is 0 Å². The number of fused-ring (bicyclic) bond motifs is 1. The van der Waals surface area contributed by atoms with E-state index in [-0.39, 0.29) is 11.9 Å². The Morgan fingerprint density at radius 3 is 3.19 bits per heavy atom. The van der Waals surface area contributed by atoms with Crippen molar-refractivity contribution in [1.29, 1.82) is 0 Å². The van der Waals surface area contributed by atoms with Crippen LogP contribution in [0.2, 0.25) is 0 Å². The summed E-state index contributed by atoms with van der Waals surface area (Å²) >= 11 is 1.63. The molecule has 1 aromatic heterocycles. The molecule has 1 aromatic rings. The highest BCUT2D eigenvalue weighted by molar-refractivity contribution is 7.14. The van der Waals surface area contributed by atoms with Crippen molar-refractivity contribution in [2.45, 2.75) is 38.6 Å². The van der Waals surface area contributed by atoms with Crippen LogP contribution in [0.15, 0.2) is 6.07 Å². The molecule has 0 spiro atoms. The largest absolute Gasteiger partial charge is 0.348 e. The van der Waals surface area contributed by atoms with Crippen molar-refractivity contribution >= 4 is 17.2 Å². The number of amides is 1. The highest BCUT2D eigenvalue weighted by Crippen LogP contribution is 2.30. The third-order valence-electron chi connectivity index (χ3n) is 2.77. The van der Waals surface area contributed by atoms with Gasteiger partial charge in [0.15, 0.2) is 0 Å². The van der Waals surface area contributed by atoms with Gasteiger partial charge in [0.25, 0.3) is 5.91 Å². The van der Waals surface area contributed by atoms with E-state index in [2.05, 4.69) is 11.2 Å². The first-order chi connectivity index (χ1) is 7.70. The van der Waals surface area contributed by atoms with Gasteiger partial charge in [-0.1, -0.05) is 0 Å². The molecule has 0 aliphatic heterocycles. The highest BCUT2D eigenvalue weighted by atomic mass is 32.1. The lowest BCUT2D eigenvalue weighted by molar-refractivity contribution is 0.0945. The molecular formula is C13H15NOS. The molecule has 0 bridgehead atoms. The minimum Gasteiger partial charge on any atom is -0.348 e. The molecule has 0 radical (unpaired) electrons. The SMILES string of the molecule is C#CCC(C)NC(=O)c1cc2c(s1)CCC2. The van der Waals surface area contributed by atoms with Crippen molar-refractivity contribution in [3.05, 3.63) is 21.4 Å². The Balaban J connectivity index is 2.02. The maximum atomic E-state index is 11.9. The first kappa shape index (κ1) is 11.2. The Bertz CT molecular complexity index is 420. The van der Waals surface area contributed by atoms with Gasteiger partial charge in [-0.2, -0.15) is 0 Å². The van der Waals surface area contributed by atoms with Crippen molar-refractivity contribution in [3.63, 3.8) is 0 Å². The van der Waals surface area contributed by atoms with E-state index in [9.17, 15) is 4.79 Å². The summed E-state index contributed by atoms with van der Waals surface area (Å²) in [5.74, 6) is 2.57. The van der Waals surface area contributed by atoms with Crippen LogP contribution in [0.4, 0.5) is 0 Å². The number of thiophene rings is 1. The van der Waals surface area contributed by atoms with Crippen LogP contribution in [0.5, 0.6) is 0 Å². The van der Waals surface area contributed by atoms with Gasteiger partial charge in [0, 0.05) is 17.3 Å². The summed E-state index contributed by atoms with van der Waals surface area (Å²) in [5, 5.41) is 2.91. The topological polar surface area (TPSA) is 29.1 Å². The Labute approximate surface area is 100 Å². The molecule has 0 aromatic carbocycles. The standard InChI is InChI=1S/C13H15NOS/c1-3-5-9(2)14-13(15)12-8-10-6-4-7-11(10)16-12/h1,8-9H,4-7H2,2H3,(H,14,15). The summed E-state index contributed by atoms with van der Waals surface area (Å²) < 4.78 is 0. The van der Waals surface area contributed by atoms with E-state index in [0.717, 1.165) is 17.7 Å². The molecule has 1 N–H and O–H groups in total. The lowest BCUT2D eigenvalue weighted by atomic mass is 10.2. The van der Waals surface area contributed by atoms with E-state index in [1.807, 2.05) is 13.0 Å². The van der Waals surface area contributed by atoms with Crippen molar-refractivity contribution in [3.8, 4) is 12.3 Å². The van der Waals surface area contributed by atoms with Gasteiger partial charge in [-0.05, 0) is 37.8 Å². The quantitative estimate of drug-likeness (QED) is 0.798. The highest BCUT2D eigenvalue weighted by Gasteiger charge is 2.18. The number of terminal acetylenes is 1. The number of aryl methyl sites for hydroxylation is 2. The molecule has 16 heavy (non-hydrogen) atoms. The number of hydrogen-bond acceptors (Lipinski definition) is 2. The maximum Gasteiger partial charge on any atom is 0.261 e. The van der Waals surface area contributed by atoms with E-state index >= 15 is 0 Å². The van der Waals surface area contributed by atoms with Crippen LogP contribution in [0.3, 0.4) is 0 Å². The third-order valence-corrected chi connectivity index (χ3v) is 4.01. The molecule has 1 aliphatic carbocycles. The normalized spacial score (nSPS) is 15.2. The fourth-order valence-electron chi connectivity index (χ4n) is 1.96. The fourth-order valence-corrected chi connectivity index (χ4v) is 3.12. The number of carbonyl (C=O) groups is 1. The molecule has 1 amide bonds. The van der Waals surface area contributed by atoms with Gasteiger partial charge < -0.3 is 5.32 Å². The Kier molecular flexibility index (Phi) is 3.31. The van der Waals surface area contributed by atoms with Crippen molar-refractivity contribution in [2.24, 2.45) is 0 Å². The number of nitrogens with one attached hydrogen (secondary N) is 1. The molecule has 1 atom stereocenters. The fraction of sp³-hybridized carbons (Fsp3) is 0.462. The van der Waals surface area contributed by atoms with Crippen molar-refractivity contribution < 1.29 is 4.79 Å². The molecule has 2 nitrogen and oxygen atoms in total. The minimum absolute atomic E-state index is 0.0159. The van der Waals surface area contributed by atoms with Gasteiger partial charge in [-0.25, -0.2) is 0 Å². The molecule has 0 saturated carbocycles. The second kappa shape index (κ2) is 4.71. The molecule has 84 valence electrons. The van der Waals surface area contributed by atoms with Crippen LogP contribution < -0.4 is 5.32 Å². The van der Waals surface area contributed by atoms with Crippen molar-refractivity contribution in [2.75, 3.05) is 0 Å². The van der Waals surface area contributed by atoms with Gasteiger partial charge in [0.05, 0.1) is 4.88 Å². The van der Waals surface area contributed by atoms with Crippen LogP contribution in [-0.2, 0) is 12.8 Å².